The topological polar surface area (TPSA) is 67.6 Å². The highest BCUT2D eigenvalue weighted by Gasteiger charge is 2.31. The molecule has 0 radical (unpaired) electrons. The fraction of sp³-hybridized carbons (Fsp3) is 0.462. The lowest BCUT2D eigenvalue weighted by atomic mass is 10.1. The summed E-state index contributed by atoms with van der Waals surface area (Å²) < 4.78 is 33.2. The molecule has 1 saturated heterocycles. The highest BCUT2D eigenvalue weighted by atomic mass is 19.2. The number of benzene rings is 1. The SMILES string of the molecule is CNC(=O)C1COCCN1c1ccc(CN)c(F)c1F. The zero-order valence-corrected chi connectivity index (χ0v) is 11.2. The predicted octanol–water partition coefficient (Wildman–Crippen LogP) is 0.375. The Bertz CT molecular complexity index is 511. The zero-order valence-electron chi connectivity index (χ0n) is 11.2. The van der Waals surface area contributed by atoms with Crippen LogP contribution in [0.2, 0.25) is 0 Å². The molecule has 1 aliphatic heterocycles. The van der Waals surface area contributed by atoms with Gasteiger partial charge in [0, 0.05) is 25.7 Å². The molecule has 1 atom stereocenters. The molecular formula is C13H17F2N3O2. The largest absolute Gasteiger partial charge is 0.377 e. The van der Waals surface area contributed by atoms with E-state index in [1.165, 1.54) is 24.1 Å². The van der Waals surface area contributed by atoms with Crippen molar-refractivity contribution in [3.63, 3.8) is 0 Å². The number of carbonyl (C=O) groups is 1. The van der Waals surface area contributed by atoms with Gasteiger partial charge in [0.1, 0.15) is 6.04 Å². The van der Waals surface area contributed by atoms with Crippen molar-refractivity contribution in [2.75, 3.05) is 31.7 Å². The highest BCUT2D eigenvalue weighted by molar-refractivity contribution is 5.85. The summed E-state index contributed by atoms with van der Waals surface area (Å²) in [5.74, 6) is -2.25. The van der Waals surface area contributed by atoms with Gasteiger partial charge >= 0.3 is 0 Å². The van der Waals surface area contributed by atoms with Crippen LogP contribution in [0.3, 0.4) is 0 Å². The minimum Gasteiger partial charge on any atom is -0.377 e. The minimum atomic E-state index is -0.983. The third-order valence-corrected chi connectivity index (χ3v) is 3.35. The van der Waals surface area contributed by atoms with E-state index < -0.39 is 17.7 Å². The molecule has 0 bridgehead atoms. The molecule has 0 spiro atoms. The van der Waals surface area contributed by atoms with Crippen LogP contribution in [0.4, 0.5) is 14.5 Å². The molecule has 1 amide bonds. The third-order valence-electron chi connectivity index (χ3n) is 3.35. The fourth-order valence-corrected chi connectivity index (χ4v) is 2.23. The van der Waals surface area contributed by atoms with Crippen LogP contribution in [-0.4, -0.2) is 38.8 Å². The summed E-state index contributed by atoms with van der Waals surface area (Å²) in [6, 6.07) is 2.21. The lowest BCUT2D eigenvalue weighted by Crippen LogP contribution is -2.53. The summed E-state index contributed by atoms with van der Waals surface area (Å²) >= 11 is 0. The van der Waals surface area contributed by atoms with Gasteiger partial charge in [-0.3, -0.25) is 4.79 Å². The van der Waals surface area contributed by atoms with Crippen molar-refractivity contribution in [3.05, 3.63) is 29.3 Å². The maximum Gasteiger partial charge on any atom is 0.244 e. The van der Waals surface area contributed by atoms with Gasteiger partial charge in [-0.25, -0.2) is 8.78 Å². The van der Waals surface area contributed by atoms with Crippen LogP contribution < -0.4 is 16.0 Å². The van der Waals surface area contributed by atoms with E-state index in [9.17, 15) is 13.6 Å². The third kappa shape index (κ3) is 2.59. The van der Waals surface area contributed by atoms with Crippen molar-refractivity contribution in [1.29, 1.82) is 0 Å². The van der Waals surface area contributed by atoms with Gasteiger partial charge in [-0.05, 0) is 6.07 Å². The molecule has 1 unspecified atom stereocenters. The second-order valence-electron chi connectivity index (χ2n) is 4.47. The monoisotopic (exact) mass is 285 g/mol. The Hall–Kier alpha value is -1.73. The molecule has 1 fully saturated rings. The number of morpholine rings is 1. The Morgan fingerprint density at radius 2 is 2.25 bits per heavy atom. The molecule has 7 heteroatoms. The number of anilines is 1. The van der Waals surface area contributed by atoms with Gasteiger partial charge in [0.2, 0.25) is 5.91 Å². The zero-order chi connectivity index (χ0) is 14.7. The van der Waals surface area contributed by atoms with Gasteiger partial charge in [-0.15, -0.1) is 0 Å². The Balaban J connectivity index is 2.38. The van der Waals surface area contributed by atoms with Crippen LogP contribution in [-0.2, 0) is 16.1 Å². The minimum absolute atomic E-state index is 0.0524. The molecule has 0 aromatic heterocycles. The normalized spacial score (nSPS) is 19.0. The van der Waals surface area contributed by atoms with E-state index in [0.29, 0.717) is 13.2 Å². The second kappa shape index (κ2) is 6.15. The van der Waals surface area contributed by atoms with Crippen molar-refractivity contribution in [2.24, 2.45) is 5.73 Å². The van der Waals surface area contributed by atoms with Crippen LogP contribution in [0.25, 0.3) is 0 Å². The molecule has 2 rings (SSSR count). The molecule has 3 N–H and O–H groups in total. The Morgan fingerprint density at radius 1 is 1.50 bits per heavy atom. The number of likely N-dealkylation sites (N-methyl/N-ethyl adjacent to an activating group) is 1. The maximum atomic E-state index is 14.1. The first-order chi connectivity index (χ1) is 9.60. The van der Waals surface area contributed by atoms with Crippen molar-refractivity contribution >= 4 is 11.6 Å². The maximum absolute atomic E-state index is 14.1. The molecular weight excluding hydrogens is 268 g/mol. The van der Waals surface area contributed by atoms with E-state index in [2.05, 4.69) is 5.32 Å². The van der Waals surface area contributed by atoms with Crippen molar-refractivity contribution in [1.82, 2.24) is 5.32 Å². The van der Waals surface area contributed by atoms with E-state index in [-0.39, 0.29) is 30.3 Å². The molecule has 1 aliphatic rings. The van der Waals surface area contributed by atoms with Gasteiger partial charge in [0.05, 0.1) is 18.9 Å². The van der Waals surface area contributed by atoms with Gasteiger partial charge in [0.15, 0.2) is 11.6 Å². The predicted molar refractivity (Wildman–Crippen MR) is 70.3 cm³/mol. The van der Waals surface area contributed by atoms with Crippen molar-refractivity contribution < 1.29 is 18.3 Å². The van der Waals surface area contributed by atoms with Crippen LogP contribution >= 0.6 is 0 Å². The number of rotatable bonds is 3. The number of carbonyl (C=O) groups excluding carboxylic acids is 1. The Morgan fingerprint density at radius 3 is 2.90 bits per heavy atom. The summed E-state index contributed by atoms with van der Waals surface area (Å²) in [5, 5.41) is 2.49. The van der Waals surface area contributed by atoms with E-state index in [4.69, 9.17) is 10.5 Å². The van der Waals surface area contributed by atoms with Crippen molar-refractivity contribution in [3.8, 4) is 0 Å². The Labute approximate surface area is 115 Å². The molecule has 0 saturated carbocycles. The summed E-state index contributed by atoms with van der Waals surface area (Å²) in [7, 11) is 1.49. The first-order valence-electron chi connectivity index (χ1n) is 6.33. The number of nitrogens with zero attached hydrogens (tertiary/aromatic N) is 1. The van der Waals surface area contributed by atoms with Gasteiger partial charge in [0.25, 0.3) is 0 Å². The number of nitrogens with two attached hydrogens (primary N) is 1. The molecule has 110 valence electrons. The summed E-state index contributed by atoms with van der Waals surface area (Å²) in [6.45, 7) is 0.730. The van der Waals surface area contributed by atoms with Crippen LogP contribution in [0.5, 0.6) is 0 Å². The van der Waals surface area contributed by atoms with E-state index in [1.54, 1.807) is 0 Å². The number of nitrogens with one attached hydrogen (secondary N) is 1. The molecule has 1 aromatic rings. The van der Waals surface area contributed by atoms with E-state index in [1.807, 2.05) is 0 Å². The van der Waals surface area contributed by atoms with Crippen LogP contribution in [0.15, 0.2) is 12.1 Å². The highest BCUT2D eigenvalue weighted by Crippen LogP contribution is 2.27. The number of hydrogen-bond donors (Lipinski definition) is 2. The molecule has 0 aliphatic carbocycles. The van der Waals surface area contributed by atoms with Gasteiger partial charge in [-0.2, -0.15) is 0 Å². The molecule has 20 heavy (non-hydrogen) atoms. The number of halogens is 2. The lowest BCUT2D eigenvalue weighted by molar-refractivity contribution is -0.124. The first-order valence-corrected chi connectivity index (χ1v) is 6.33. The van der Waals surface area contributed by atoms with Gasteiger partial charge in [-0.1, -0.05) is 6.07 Å². The van der Waals surface area contributed by atoms with Crippen LogP contribution in [0, 0.1) is 11.6 Å². The number of amides is 1. The molecule has 1 aromatic carbocycles. The smallest absolute Gasteiger partial charge is 0.244 e. The van der Waals surface area contributed by atoms with E-state index in [0.717, 1.165) is 0 Å². The molecule has 1 heterocycles. The lowest BCUT2D eigenvalue weighted by Gasteiger charge is -2.36. The standard InChI is InChI=1S/C13H17F2N3O2/c1-17-13(19)10-7-20-5-4-18(10)9-3-2-8(6-16)11(14)12(9)15/h2-3,10H,4-7,16H2,1H3,(H,17,19). The number of ether oxygens (including phenoxy) is 1. The summed E-state index contributed by atoms with van der Waals surface area (Å²) in [6.07, 6.45) is 0. The summed E-state index contributed by atoms with van der Waals surface area (Å²) in [5.41, 5.74) is 5.50. The molecule has 5 nitrogen and oxygen atoms in total. The Kier molecular flexibility index (Phi) is 4.51. The quantitative estimate of drug-likeness (QED) is 0.842. The average molecular weight is 285 g/mol. The number of hydrogen-bond acceptors (Lipinski definition) is 4. The second-order valence-corrected chi connectivity index (χ2v) is 4.47. The van der Waals surface area contributed by atoms with Crippen LogP contribution in [0.1, 0.15) is 5.56 Å². The van der Waals surface area contributed by atoms with Gasteiger partial charge < -0.3 is 20.7 Å². The first kappa shape index (κ1) is 14.7. The van der Waals surface area contributed by atoms with Crippen molar-refractivity contribution in [2.45, 2.75) is 12.6 Å². The average Bonchev–Trinajstić information content (AvgIpc) is 2.49. The van der Waals surface area contributed by atoms with E-state index >= 15 is 0 Å². The fourth-order valence-electron chi connectivity index (χ4n) is 2.23. The summed E-state index contributed by atoms with van der Waals surface area (Å²) in [4.78, 5) is 13.3.